The van der Waals surface area contributed by atoms with Crippen molar-refractivity contribution in [3.05, 3.63) is 35.9 Å². The van der Waals surface area contributed by atoms with Crippen molar-refractivity contribution in [3.63, 3.8) is 0 Å². The van der Waals surface area contributed by atoms with Crippen molar-refractivity contribution in [1.82, 2.24) is 15.5 Å². The molecule has 0 bridgehead atoms. The minimum absolute atomic E-state index is 0.154. The van der Waals surface area contributed by atoms with Gasteiger partial charge in [-0.25, -0.2) is 9.59 Å². The van der Waals surface area contributed by atoms with Gasteiger partial charge in [-0.15, -0.1) is 0 Å². The van der Waals surface area contributed by atoms with E-state index in [2.05, 4.69) is 10.6 Å². The molecule has 8 heteroatoms. The fraction of sp³-hybridized carbons (Fsp3) is 0.500. The Hall–Kier alpha value is -2.90. The number of urea groups is 1. The van der Waals surface area contributed by atoms with Crippen molar-refractivity contribution in [1.29, 1.82) is 0 Å². The molecule has 0 radical (unpaired) electrons. The van der Waals surface area contributed by atoms with Gasteiger partial charge in [0.05, 0.1) is 7.11 Å². The lowest BCUT2D eigenvalue weighted by Gasteiger charge is -2.26. The van der Waals surface area contributed by atoms with Crippen LogP contribution in [0.4, 0.5) is 4.79 Å². The number of methoxy groups -OCH3 is 1. The Morgan fingerprint density at radius 1 is 1.21 bits per heavy atom. The number of ether oxygens (including phenoxy) is 1. The predicted octanol–water partition coefficient (Wildman–Crippen LogP) is 1.55. The summed E-state index contributed by atoms with van der Waals surface area (Å²) in [6.07, 6.45) is 0.994. The number of imide groups is 1. The zero-order valence-electron chi connectivity index (χ0n) is 16.7. The van der Waals surface area contributed by atoms with Crippen molar-refractivity contribution in [3.8, 4) is 0 Å². The Kier molecular flexibility index (Phi) is 6.77. The van der Waals surface area contributed by atoms with E-state index in [1.54, 1.807) is 31.2 Å². The Labute approximate surface area is 164 Å². The van der Waals surface area contributed by atoms with Gasteiger partial charge in [-0.1, -0.05) is 57.5 Å². The first-order valence-electron chi connectivity index (χ1n) is 9.37. The maximum Gasteiger partial charge on any atom is 0.328 e. The lowest BCUT2D eigenvalue weighted by atomic mass is 9.87. The Balaban J connectivity index is 2.17. The summed E-state index contributed by atoms with van der Waals surface area (Å²) in [5.41, 5.74) is -0.539. The van der Waals surface area contributed by atoms with Crippen LogP contribution >= 0.6 is 0 Å². The van der Waals surface area contributed by atoms with Gasteiger partial charge < -0.3 is 15.4 Å². The zero-order chi connectivity index (χ0) is 20.9. The molecule has 1 heterocycles. The molecular formula is C20H27N3O5. The summed E-state index contributed by atoms with van der Waals surface area (Å²) in [5.74, 6) is -1.80. The number of nitrogens with zero attached hydrogens (tertiary/aromatic N) is 1. The summed E-state index contributed by atoms with van der Waals surface area (Å²) in [6.45, 7) is 5.03. The number of amides is 4. The quantitative estimate of drug-likeness (QED) is 0.518. The molecule has 152 valence electrons. The molecule has 1 aromatic carbocycles. The number of benzene rings is 1. The van der Waals surface area contributed by atoms with Gasteiger partial charge in [0.25, 0.3) is 5.91 Å². The molecule has 8 nitrogen and oxygen atoms in total. The molecule has 0 saturated carbocycles. The number of esters is 1. The largest absolute Gasteiger partial charge is 0.467 e. The van der Waals surface area contributed by atoms with E-state index in [1.165, 1.54) is 7.11 Å². The zero-order valence-corrected chi connectivity index (χ0v) is 16.7. The monoisotopic (exact) mass is 389 g/mol. The van der Waals surface area contributed by atoms with Gasteiger partial charge in [-0.3, -0.25) is 14.5 Å². The minimum atomic E-state index is -1.20. The third kappa shape index (κ3) is 4.00. The van der Waals surface area contributed by atoms with Crippen molar-refractivity contribution < 1.29 is 23.9 Å². The summed E-state index contributed by atoms with van der Waals surface area (Å²) < 4.78 is 4.74. The highest BCUT2D eigenvalue weighted by atomic mass is 16.5. The molecule has 3 atom stereocenters. The number of carbonyl (C=O) groups is 4. The van der Waals surface area contributed by atoms with Crippen LogP contribution in [0.25, 0.3) is 0 Å². The average Bonchev–Trinajstić information content (AvgIpc) is 2.96. The first-order chi connectivity index (χ1) is 13.3. The fourth-order valence-corrected chi connectivity index (χ4v) is 3.29. The van der Waals surface area contributed by atoms with Crippen LogP contribution in [0.1, 0.15) is 39.2 Å². The van der Waals surface area contributed by atoms with Gasteiger partial charge in [-0.05, 0) is 17.9 Å². The molecule has 1 fully saturated rings. The van der Waals surface area contributed by atoms with E-state index in [0.717, 1.165) is 4.90 Å². The van der Waals surface area contributed by atoms with Crippen LogP contribution in [0.2, 0.25) is 0 Å². The van der Waals surface area contributed by atoms with Crippen molar-refractivity contribution in [2.75, 3.05) is 13.7 Å². The molecule has 4 amide bonds. The van der Waals surface area contributed by atoms with E-state index in [9.17, 15) is 19.2 Å². The molecule has 1 aliphatic heterocycles. The van der Waals surface area contributed by atoms with E-state index in [1.807, 2.05) is 19.9 Å². The summed E-state index contributed by atoms with van der Waals surface area (Å²) in [5, 5.41) is 5.31. The van der Waals surface area contributed by atoms with E-state index in [4.69, 9.17) is 4.74 Å². The number of nitrogens with one attached hydrogen (secondary N) is 2. The van der Waals surface area contributed by atoms with Gasteiger partial charge in [0.2, 0.25) is 5.91 Å². The normalized spacial score (nSPS) is 21.1. The molecule has 1 saturated heterocycles. The molecule has 28 heavy (non-hydrogen) atoms. The van der Waals surface area contributed by atoms with Crippen LogP contribution in [0, 0.1) is 5.92 Å². The van der Waals surface area contributed by atoms with Gasteiger partial charge in [0.15, 0.2) is 0 Å². The second-order valence-electron chi connectivity index (χ2n) is 6.90. The van der Waals surface area contributed by atoms with Crippen molar-refractivity contribution in [2.45, 2.75) is 45.2 Å². The van der Waals surface area contributed by atoms with Crippen molar-refractivity contribution >= 4 is 23.8 Å². The van der Waals surface area contributed by atoms with Crippen LogP contribution in [0.5, 0.6) is 0 Å². The topological polar surface area (TPSA) is 105 Å². The molecule has 2 N–H and O–H groups in total. The Morgan fingerprint density at radius 3 is 2.39 bits per heavy atom. The molecule has 3 unspecified atom stereocenters. The highest BCUT2D eigenvalue weighted by Gasteiger charge is 2.51. The highest BCUT2D eigenvalue weighted by Crippen LogP contribution is 2.32. The highest BCUT2D eigenvalue weighted by molar-refractivity contribution is 6.09. The first kappa shape index (κ1) is 21.4. The SMILES string of the molecule is CCC(C)C(NC(=O)CN1C(=O)NC(CC)(c2ccccc2)C1=O)C(=O)OC. The predicted molar refractivity (Wildman–Crippen MR) is 102 cm³/mol. The Morgan fingerprint density at radius 2 is 1.86 bits per heavy atom. The Bertz CT molecular complexity index is 751. The summed E-state index contributed by atoms with van der Waals surface area (Å²) in [4.78, 5) is 50.8. The fourth-order valence-electron chi connectivity index (χ4n) is 3.29. The molecule has 0 aromatic heterocycles. The molecule has 0 aliphatic carbocycles. The molecule has 1 aromatic rings. The van der Waals surface area contributed by atoms with E-state index >= 15 is 0 Å². The van der Waals surface area contributed by atoms with Gasteiger partial charge in [0.1, 0.15) is 18.1 Å². The third-order valence-corrected chi connectivity index (χ3v) is 5.26. The maximum atomic E-state index is 13.0. The standard InChI is InChI=1S/C20H27N3O5/c1-5-13(3)16(17(25)28-4)21-15(24)12-23-18(26)20(6-2,22-19(23)27)14-10-8-7-9-11-14/h7-11,13,16H,5-6,12H2,1-4H3,(H,21,24)(H,22,27). The van der Waals surface area contributed by atoms with Crippen LogP contribution in [0.15, 0.2) is 30.3 Å². The van der Waals surface area contributed by atoms with Gasteiger partial charge in [0, 0.05) is 0 Å². The molecule has 2 rings (SSSR count). The average molecular weight is 389 g/mol. The van der Waals surface area contributed by atoms with E-state index < -0.39 is 41.9 Å². The maximum absolute atomic E-state index is 13.0. The van der Waals surface area contributed by atoms with Gasteiger partial charge >= 0.3 is 12.0 Å². The number of hydrogen-bond acceptors (Lipinski definition) is 5. The van der Waals surface area contributed by atoms with Crippen LogP contribution in [-0.2, 0) is 24.7 Å². The summed E-state index contributed by atoms with van der Waals surface area (Å²) >= 11 is 0. The lowest BCUT2D eigenvalue weighted by molar-refractivity contribution is -0.146. The van der Waals surface area contributed by atoms with E-state index in [0.29, 0.717) is 18.4 Å². The second-order valence-corrected chi connectivity index (χ2v) is 6.90. The third-order valence-electron chi connectivity index (χ3n) is 5.26. The number of hydrogen-bond donors (Lipinski definition) is 2. The number of carbonyl (C=O) groups excluding carboxylic acids is 4. The van der Waals surface area contributed by atoms with E-state index in [-0.39, 0.29) is 5.92 Å². The van der Waals surface area contributed by atoms with Crippen LogP contribution in [0.3, 0.4) is 0 Å². The van der Waals surface area contributed by atoms with Crippen LogP contribution in [-0.4, -0.2) is 48.4 Å². The second kappa shape index (κ2) is 8.86. The molecular weight excluding hydrogens is 362 g/mol. The molecule has 0 spiro atoms. The summed E-state index contributed by atoms with van der Waals surface area (Å²) in [6, 6.07) is 7.45. The summed E-state index contributed by atoms with van der Waals surface area (Å²) in [7, 11) is 1.25. The van der Waals surface area contributed by atoms with Crippen LogP contribution < -0.4 is 10.6 Å². The smallest absolute Gasteiger partial charge is 0.328 e. The molecule has 1 aliphatic rings. The van der Waals surface area contributed by atoms with Crippen molar-refractivity contribution in [2.24, 2.45) is 5.92 Å². The lowest BCUT2D eigenvalue weighted by Crippen LogP contribution is -2.50. The number of rotatable bonds is 8. The van der Waals surface area contributed by atoms with Gasteiger partial charge in [-0.2, -0.15) is 0 Å². The first-order valence-corrected chi connectivity index (χ1v) is 9.37. The minimum Gasteiger partial charge on any atom is -0.467 e.